The van der Waals surface area contributed by atoms with Gasteiger partial charge in [-0.1, -0.05) is 30.3 Å². The van der Waals surface area contributed by atoms with Crippen LogP contribution in [0.2, 0.25) is 0 Å². The summed E-state index contributed by atoms with van der Waals surface area (Å²) in [5.41, 5.74) is 5.74. The number of carbonyl (C=O) groups excluding carboxylic acids is 2. The van der Waals surface area contributed by atoms with E-state index in [1.165, 1.54) is 12.1 Å². The van der Waals surface area contributed by atoms with E-state index in [4.69, 9.17) is 10.8 Å². The fourth-order valence-electron chi connectivity index (χ4n) is 1.31. The molecule has 0 spiro atoms. The third-order valence-electron chi connectivity index (χ3n) is 2.27. The topological polar surface area (TPSA) is 97.5 Å². The molecule has 1 aromatic carbocycles. The zero-order valence-corrected chi connectivity index (χ0v) is 9.13. The Bertz CT molecular complexity index is 427. The van der Waals surface area contributed by atoms with Crippen molar-refractivity contribution in [2.45, 2.75) is 18.9 Å². The van der Waals surface area contributed by atoms with E-state index >= 15 is 0 Å². The SMILES string of the molecule is N[C@@H](CCC(=O)O)C(=O)C(=O)c1ccccc1. The van der Waals surface area contributed by atoms with Crippen LogP contribution in [-0.2, 0) is 9.59 Å². The van der Waals surface area contributed by atoms with Gasteiger partial charge in [0.25, 0.3) is 0 Å². The summed E-state index contributed by atoms with van der Waals surface area (Å²) in [6.45, 7) is 0. The summed E-state index contributed by atoms with van der Waals surface area (Å²) < 4.78 is 0. The molecule has 17 heavy (non-hydrogen) atoms. The van der Waals surface area contributed by atoms with Crippen LogP contribution in [0.5, 0.6) is 0 Å². The minimum Gasteiger partial charge on any atom is -0.481 e. The summed E-state index contributed by atoms with van der Waals surface area (Å²) in [5.74, 6) is -2.47. The predicted octanol–water partition coefficient (Wildman–Crippen LogP) is 0.630. The molecule has 0 heterocycles. The van der Waals surface area contributed by atoms with Crippen molar-refractivity contribution in [2.75, 3.05) is 0 Å². The molecule has 5 nitrogen and oxygen atoms in total. The minimum atomic E-state index is -1.06. The van der Waals surface area contributed by atoms with E-state index in [9.17, 15) is 14.4 Å². The van der Waals surface area contributed by atoms with Gasteiger partial charge in [-0.25, -0.2) is 0 Å². The Labute approximate surface area is 98.2 Å². The van der Waals surface area contributed by atoms with Crippen molar-refractivity contribution in [3.63, 3.8) is 0 Å². The number of ketones is 2. The maximum Gasteiger partial charge on any atom is 0.303 e. The highest BCUT2D eigenvalue weighted by atomic mass is 16.4. The van der Waals surface area contributed by atoms with E-state index in [0.717, 1.165) is 0 Å². The van der Waals surface area contributed by atoms with Gasteiger partial charge in [-0.05, 0) is 6.42 Å². The molecule has 1 rings (SSSR count). The first-order valence-electron chi connectivity index (χ1n) is 5.13. The molecule has 0 saturated carbocycles. The number of carboxylic acids is 1. The molecule has 0 amide bonds. The normalized spacial score (nSPS) is 11.8. The van der Waals surface area contributed by atoms with E-state index in [1.54, 1.807) is 18.2 Å². The Balaban J connectivity index is 2.64. The molecular formula is C12H13NO4. The van der Waals surface area contributed by atoms with E-state index in [-0.39, 0.29) is 18.4 Å². The average molecular weight is 235 g/mol. The summed E-state index contributed by atoms with van der Waals surface area (Å²) in [7, 11) is 0. The Hall–Kier alpha value is -2.01. The number of hydrogen-bond donors (Lipinski definition) is 2. The predicted molar refractivity (Wildman–Crippen MR) is 60.6 cm³/mol. The van der Waals surface area contributed by atoms with Crippen LogP contribution < -0.4 is 5.73 Å². The number of aliphatic carboxylic acids is 1. The van der Waals surface area contributed by atoms with Gasteiger partial charge >= 0.3 is 5.97 Å². The van der Waals surface area contributed by atoms with Gasteiger partial charge in [-0.15, -0.1) is 0 Å². The monoisotopic (exact) mass is 235 g/mol. The summed E-state index contributed by atoms with van der Waals surface area (Å²) in [6, 6.07) is 6.99. The molecule has 0 saturated heterocycles. The van der Waals surface area contributed by atoms with Gasteiger partial charge in [0.2, 0.25) is 11.6 Å². The largest absolute Gasteiger partial charge is 0.481 e. The van der Waals surface area contributed by atoms with Crippen LogP contribution in [0, 0.1) is 0 Å². The van der Waals surface area contributed by atoms with E-state index < -0.39 is 23.6 Å². The van der Waals surface area contributed by atoms with Crippen molar-refractivity contribution in [1.82, 2.24) is 0 Å². The zero-order chi connectivity index (χ0) is 12.8. The second-order valence-corrected chi connectivity index (χ2v) is 3.60. The van der Waals surface area contributed by atoms with Gasteiger partial charge < -0.3 is 10.8 Å². The lowest BCUT2D eigenvalue weighted by Crippen LogP contribution is -2.36. The summed E-state index contributed by atoms with van der Waals surface area (Å²) in [5, 5.41) is 8.45. The number of rotatable bonds is 6. The average Bonchev–Trinajstić information content (AvgIpc) is 2.35. The Morgan fingerprint density at radius 1 is 1.18 bits per heavy atom. The van der Waals surface area contributed by atoms with Gasteiger partial charge in [-0.3, -0.25) is 14.4 Å². The van der Waals surface area contributed by atoms with Crippen LogP contribution in [0.15, 0.2) is 30.3 Å². The van der Waals surface area contributed by atoms with E-state index in [0.29, 0.717) is 0 Å². The Morgan fingerprint density at radius 3 is 2.29 bits per heavy atom. The van der Waals surface area contributed by atoms with Crippen molar-refractivity contribution in [3.05, 3.63) is 35.9 Å². The highest BCUT2D eigenvalue weighted by Crippen LogP contribution is 2.04. The second kappa shape index (κ2) is 5.91. The molecule has 0 aromatic heterocycles. The van der Waals surface area contributed by atoms with Gasteiger partial charge in [-0.2, -0.15) is 0 Å². The molecule has 0 aliphatic heterocycles. The Morgan fingerprint density at radius 2 is 1.76 bits per heavy atom. The highest BCUT2D eigenvalue weighted by molar-refractivity contribution is 6.45. The number of benzene rings is 1. The molecule has 1 atom stereocenters. The van der Waals surface area contributed by atoms with Crippen LogP contribution in [0.1, 0.15) is 23.2 Å². The van der Waals surface area contributed by atoms with Gasteiger partial charge in [0, 0.05) is 12.0 Å². The molecule has 1 aromatic rings. The van der Waals surface area contributed by atoms with Crippen molar-refractivity contribution >= 4 is 17.5 Å². The van der Waals surface area contributed by atoms with Crippen LogP contribution in [0.4, 0.5) is 0 Å². The first-order chi connectivity index (χ1) is 8.02. The van der Waals surface area contributed by atoms with Crippen molar-refractivity contribution in [3.8, 4) is 0 Å². The Kier molecular flexibility index (Phi) is 4.54. The first-order valence-corrected chi connectivity index (χ1v) is 5.13. The molecule has 0 fully saturated rings. The standard InChI is InChI=1S/C12H13NO4/c13-9(6-7-10(14)15)12(17)11(16)8-4-2-1-3-5-8/h1-5,9H,6-7,13H2,(H,14,15)/t9-/m0/s1. The summed E-state index contributed by atoms with van der Waals surface area (Å²) in [4.78, 5) is 33.6. The maximum atomic E-state index is 11.7. The van der Waals surface area contributed by atoms with Crippen LogP contribution in [-0.4, -0.2) is 28.7 Å². The minimum absolute atomic E-state index is 0.0350. The number of hydrogen-bond acceptors (Lipinski definition) is 4. The van der Waals surface area contributed by atoms with Crippen LogP contribution >= 0.6 is 0 Å². The highest BCUT2D eigenvalue weighted by Gasteiger charge is 2.23. The lowest BCUT2D eigenvalue weighted by Gasteiger charge is -2.07. The maximum absolute atomic E-state index is 11.7. The first kappa shape index (κ1) is 13.1. The molecule has 5 heteroatoms. The van der Waals surface area contributed by atoms with E-state index in [1.807, 2.05) is 0 Å². The molecule has 0 radical (unpaired) electrons. The smallest absolute Gasteiger partial charge is 0.303 e. The third kappa shape index (κ3) is 3.81. The van der Waals surface area contributed by atoms with Crippen molar-refractivity contribution in [1.29, 1.82) is 0 Å². The number of Topliss-reactive ketones (excluding diaryl/α,β-unsaturated/α-hetero) is 2. The molecule has 0 bridgehead atoms. The van der Waals surface area contributed by atoms with Crippen LogP contribution in [0.3, 0.4) is 0 Å². The molecule has 0 aliphatic carbocycles. The number of carbonyl (C=O) groups is 3. The fraction of sp³-hybridized carbons (Fsp3) is 0.250. The molecule has 0 unspecified atom stereocenters. The summed E-state index contributed by atoms with van der Waals surface area (Å²) in [6.07, 6.45) is -0.262. The van der Waals surface area contributed by atoms with Gasteiger partial charge in [0.05, 0.1) is 6.04 Å². The van der Waals surface area contributed by atoms with Gasteiger partial charge in [0.1, 0.15) is 0 Å². The third-order valence-corrected chi connectivity index (χ3v) is 2.27. The van der Waals surface area contributed by atoms with E-state index in [2.05, 4.69) is 0 Å². The number of nitrogens with two attached hydrogens (primary N) is 1. The van der Waals surface area contributed by atoms with Crippen LogP contribution in [0.25, 0.3) is 0 Å². The molecule has 3 N–H and O–H groups in total. The number of carboxylic acid groups (broad SMARTS) is 1. The molecule has 0 aliphatic rings. The van der Waals surface area contributed by atoms with Gasteiger partial charge in [0.15, 0.2) is 0 Å². The summed E-state index contributed by atoms with van der Waals surface area (Å²) >= 11 is 0. The van der Waals surface area contributed by atoms with Crippen molar-refractivity contribution < 1.29 is 19.5 Å². The zero-order valence-electron chi connectivity index (χ0n) is 9.13. The lowest BCUT2D eigenvalue weighted by atomic mass is 10.00. The lowest BCUT2D eigenvalue weighted by molar-refractivity contribution is -0.137. The second-order valence-electron chi connectivity index (χ2n) is 3.60. The fourth-order valence-corrected chi connectivity index (χ4v) is 1.31. The molecular weight excluding hydrogens is 222 g/mol. The molecule has 90 valence electrons. The van der Waals surface area contributed by atoms with Crippen molar-refractivity contribution in [2.24, 2.45) is 5.73 Å². The quantitative estimate of drug-likeness (QED) is 0.556.